The fourth-order valence-corrected chi connectivity index (χ4v) is 2.62. The van der Waals surface area contributed by atoms with Crippen LogP contribution in [0.15, 0.2) is 45.3 Å². The molecule has 0 aromatic heterocycles. The van der Waals surface area contributed by atoms with Gasteiger partial charge in [0.05, 0.1) is 0 Å². The first-order chi connectivity index (χ1) is 8.49. The van der Waals surface area contributed by atoms with Gasteiger partial charge in [-0.2, -0.15) is 0 Å². The number of ketones is 1. The van der Waals surface area contributed by atoms with Gasteiger partial charge in [0, 0.05) is 20.1 Å². The van der Waals surface area contributed by atoms with E-state index in [-0.39, 0.29) is 5.78 Å². The quantitative estimate of drug-likeness (QED) is 0.678. The summed E-state index contributed by atoms with van der Waals surface area (Å²) in [5.74, 6) is 0.0288. The van der Waals surface area contributed by atoms with E-state index in [1.807, 2.05) is 50.2 Å². The summed E-state index contributed by atoms with van der Waals surface area (Å²) in [5, 5.41) is 0. The Bertz CT molecular complexity index is 564. The Hall–Kier alpha value is -0.930. The smallest absolute Gasteiger partial charge is 0.195 e. The van der Waals surface area contributed by atoms with Gasteiger partial charge in [-0.15, -0.1) is 0 Å². The molecule has 0 atom stereocenters. The molecule has 1 nitrogen and oxygen atoms in total. The average molecular weight is 368 g/mol. The average Bonchev–Trinajstić information content (AvgIpc) is 2.34. The Labute approximate surface area is 123 Å². The first-order valence-corrected chi connectivity index (χ1v) is 7.14. The first kappa shape index (κ1) is 13.5. The molecule has 0 heterocycles. The van der Waals surface area contributed by atoms with Crippen molar-refractivity contribution in [1.82, 2.24) is 0 Å². The summed E-state index contributed by atoms with van der Waals surface area (Å²) in [6.45, 7) is 3.96. The van der Waals surface area contributed by atoms with Crippen molar-refractivity contribution in [2.45, 2.75) is 13.8 Å². The van der Waals surface area contributed by atoms with Crippen LogP contribution in [0.25, 0.3) is 0 Å². The van der Waals surface area contributed by atoms with Crippen molar-refractivity contribution in [3.05, 3.63) is 67.6 Å². The van der Waals surface area contributed by atoms with Gasteiger partial charge in [0.2, 0.25) is 0 Å². The second-order valence-electron chi connectivity index (χ2n) is 4.30. The number of carbonyl (C=O) groups excluding carboxylic acids is 1. The van der Waals surface area contributed by atoms with Gasteiger partial charge in [-0.05, 0) is 38.1 Å². The number of hydrogen-bond donors (Lipinski definition) is 0. The molecule has 18 heavy (non-hydrogen) atoms. The molecule has 0 bridgehead atoms. The van der Waals surface area contributed by atoms with Crippen LogP contribution >= 0.6 is 31.9 Å². The van der Waals surface area contributed by atoms with E-state index in [4.69, 9.17) is 0 Å². The Morgan fingerprint density at radius 3 is 1.61 bits per heavy atom. The van der Waals surface area contributed by atoms with Crippen LogP contribution < -0.4 is 0 Å². The fourth-order valence-electron chi connectivity index (χ4n) is 1.77. The van der Waals surface area contributed by atoms with E-state index >= 15 is 0 Å². The highest BCUT2D eigenvalue weighted by Gasteiger charge is 2.15. The van der Waals surface area contributed by atoms with Crippen LogP contribution in [-0.2, 0) is 0 Å². The van der Waals surface area contributed by atoms with Crippen molar-refractivity contribution in [3.8, 4) is 0 Å². The van der Waals surface area contributed by atoms with Crippen LogP contribution in [0.3, 0.4) is 0 Å². The lowest BCUT2D eigenvalue weighted by molar-refractivity contribution is 0.103. The maximum Gasteiger partial charge on any atom is 0.195 e. The molecule has 92 valence electrons. The molecule has 0 fully saturated rings. The van der Waals surface area contributed by atoms with Gasteiger partial charge in [-0.1, -0.05) is 55.1 Å². The zero-order valence-electron chi connectivity index (χ0n) is 10.1. The Morgan fingerprint density at radius 2 is 1.22 bits per heavy atom. The minimum atomic E-state index is 0.0288. The maximum atomic E-state index is 12.5. The molecule has 2 rings (SSSR count). The topological polar surface area (TPSA) is 17.1 Å². The van der Waals surface area contributed by atoms with Crippen LogP contribution in [0.4, 0.5) is 0 Å². The molecule has 2 aromatic rings. The van der Waals surface area contributed by atoms with Crippen molar-refractivity contribution >= 4 is 37.6 Å². The van der Waals surface area contributed by atoms with Crippen molar-refractivity contribution in [2.75, 3.05) is 0 Å². The molecule has 0 radical (unpaired) electrons. The summed E-state index contributed by atoms with van der Waals surface area (Å²) < 4.78 is 1.65. The monoisotopic (exact) mass is 366 g/mol. The van der Waals surface area contributed by atoms with E-state index in [1.54, 1.807) is 0 Å². The van der Waals surface area contributed by atoms with Crippen molar-refractivity contribution in [2.24, 2.45) is 0 Å². The highest BCUT2D eigenvalue weighted by Crippen LogP contribution is 2.26. The predicted octanol–water partition coefficient (Wildman–Crippen LogP) is 5.06. The minimum absolute atomic E-state index is 0.0288. The molecule has 3 heteroatoms. The standard InChI is InChI=1S/C15H12Br2O/c1-9-3-5-13(16)11(7-9)15(18)12-8-10(2)4-6-14(12)17/h3-8H,1-2H3. The van der Waals surface area contributed by atoms with Gasteiger partial charge in [-0.3, -0.25) is 4.79 Å². The minimum Gasteiger partial charge on any atom is -0.289 e. The maximum absolute atomic E-state index is 12.5. The van der Waals surface area contributed by atoms with Gasteiger partial charge in [0.25, 0.3) is 0 Å². The molecule has 0 aliphatic rings. The predicted molar refractivity (Wildman–Crippen MR) is 81.2 cm³/mol. The zero-order chi connectivity index (χ0) is 13.3. The highest BCUT2D eigenvalue weighted by molar-refractivity contribution is 9.10. The summed E-state index contributed by atoms with van der Waals surface area (Å²) >= 11 is 6.87. The number of benzene rings is 2. The molecule has 0 aliphatic carbocycles. The van der Waals surface area contributed by atoms with Crippen molar-refractivity contribution in [3.63, 3.8) is 0 Å². The van der Waals surface area contributed by atoms with Gasteiger partial charge in [0.15, 0.2) is 5.78 Å². The van der Waals surface area contributed by atoms with Gasteiger partial charge >= 0.3 is 0 Å². The largest absolute Gasteiger partial charge is 0.289 e. The summed E-state index contributed by atoms with van der Waals surface area (Å²) in [7, 11) is 0. The summed E-state index contributed by atoms with van der Waals surface area (Å²) in [6, 6.07) is 11.6. The SMILES string of the molecule is Cc1ccc(Br)c(C(=O)c2cc(C)ccc2Br)c1. The van der Waals surface area contributed by atoms with Gasteiger partial charge < -0.3 is 0 Å². The Balaban J connectivity index is 2.54. The molecule has 2 aromatic carbocycles. The third-order valence-corrected chi connectivity index (χ3v) is 4.12. The van der Waals surface area contributed by atoms with Crippen LogP contribution in [0, 0.1) is 13.8 Å². The normalized spacial score (nSPS) is 10.4. The summed E-state index contributed by atoms with van der Waals surface area (Å²) in [5.41, 5.74) is 3.54. The Morgan fingerprint density at radius 1 is 0.833 bits per heavy atom. The summed E-state index contributed by atoms with van der Waals surface area (Å²) in [4.78, 5) is 12.5. The van der Waals surface area contributed by atoms with Crippen molar-refractivity contribution in [1.29, 1.82) is 0 Å². The van der Waals surface area contributed by atoms with Crippen LogP contribution in [0.1, 0.15) is 27.0 Å². The van der Waals surface area contributed by atoms with Gasteiger partial charge in [0.1, 0.15) is 0 Å². The number of carbonyl (C=O) groups is 1. The number of rotatable bonds is 2. The number of aryl methyl sites for hydroxylation is 2. The van der Waals surface area contributed by atoms with E-state index in [0.29, 0.717) is 11.1 Å². The lowest BCUT2D eigenvalue weighted by Gasteiger charge is -2.08. The molecule has 0 amide bonds. The molecule has 0 saturated heterocycles. The van der Waals surface area contributed by atoms with E-state index in [9.17, 15) is 4.79 Å². The fraction of sp³-hybridized carbons (Fsp3) is 0.133. The highest BCUT2D eigenvalue weighted by atomic mass is 79.9. The van der Waals surface area contributed by atoms with Crippen LogP contribution in [0.5, 0.6) is 0 Å². The van der Waals surface area contributed by atoms with E-state index in [0.717, 1.165) is 20.1 Å². The molecule has 0 unspecified atom stereocenters. The lowest BCUT2D eigenvalue weighted by atomic mass is 10.0. The third kappa shape index (κ3) is 2.73. The number of halogens is 2. The second-order valence-corrected chi connectivity index (χ2v) is 6.00. The van der Waals surface area contributed by atoms with E-state index in [1.165, 1.54) is 0 Å². The molecule has 0 N–H and O–H groups in total. The van der Waals surface area contributed by atoms with Crippen LogP contribution in [-0.4, -0.2) is 5.78 Å². The third-order valence-electron chi connectivity index (χ3n) is 2.73. The molecular formula is C15H12Br2O. The van der Waals surface area contributed by atoms with E-state index < -0.39 is 0 Å². The van der Waals surface area contributed by atoms with E-state index in [2.05, 4.69) is 31.9 Å². The lowest BCUT2D eigenvalue weighted by Crippen LogP contribution is -2.04. The van der Waals surface area contributed by atoms with Crippen molar-refractivity contribution < 1.29 is 4.79 Å². The van der Waals surface area contributed by atoms with Gasteiger partial charge in [-0.25, -0.2) is 0 Å². The zero-order valence-corrected chi connectivity index (χ0v) is 13.3. The number of hydrogen-bond acceptors (Lipinski definition) is 1. The molecule has 0 spiro atoms. The second kappa shape index (κ2) is 5.37. The molecule has 0 saturated carbocycles. The molecular weight excluding hydrogens is 356 g/mol. The Kier molecular flexibility index (Phi) is 4.03. The molecule has 0 aliphatic heterocycles. The van der Waals surface area contributed by atoms with Crippen LogP contribution in [0.2, 0.25) is 0 Å². The summed E-state index contributed by atoms with van der Waals surface area (Å²) in [6.07, 6.45) is 0. The first-order valence-electron chi connectivity index (χ1n) is 5.56.